The molecule has 0 radical (unpaired) electrons. The van der Waals surface area contributed by atoms with Gasteiger partial charge in [-0.2, -0.15) is 8.78 Å². The minimum absolute atomic E-state index is 0.326. The Bertz CT molecular complexity index is 664. The number of hydrogen-bond donors (Lipinski definition) is 0. The molecule has 0 aromatic heterocycles. The van der Waals surface area contributed by atoms with Crippen LogP contribution in [-0.2, 0) is 11.3 Å². The summed E-state index contributed by atoms with van der Waals surface area (Å²) in [6, 6.07) is 10.3. The Labute approximate surface area is 177 Å². The first-order chi connectivity index (χ1) is 13.6. The van der Waals surface area contributed by atoms with E-state index in [9.17, 15) is 8.78 Å². The minimum Gasteiger partial charge on any atom is -0.306 e. The maximum Gasteiger partial charge on any atom is 0.422 e. The van der Waals surface area contributed by atoms with E-state index in [-0.39, 0.29) is 0 Å². The van der Waals surface area contributed by atoms with Gasteiger partial charge in [0.1, 0.15) is 8.07 Å². The lowest BCUT2D eigenvalue weighted by Gasteiger charge is -2.38. The first-order valence-corrected chi connectivity index (χ1v) is 13.2. The third-order valence-corrected chi connectivity index (χ3v) is 12.7. The second kappa shape index (κ2) is 10.2. The van der Waals surface area contributed by atoms with E-state index >= 15 is 0 Å². The summed E-state index contributed by atoms with van der Waals surface area (Å²) in [6.45, 7) is 15.2. The molecule has 1 heterocycles. The van der Waals surface area contributed by atoms with E-state index < -0.39 is 20.3 Å². The van der Waals surface area contributed by atoms with Crippen LogP contribution in [0.5, 0.6) is 0 Å². The smallest absolute Gasteiger partial charge is 0.306 e. The summed E-state index contributed by atoms with van der Waals surface area (Å²) in [6.07, 6.45) is -2.57. The number of likely N-dealkylation sites (tertiary alicyclic amines) is 1. The van der Waals surface area contributed by atoms with Crippen LogP contribution in [0.3, 0.4) is 0 Å². The van der Waals surface area contributed by atoms with Gasteiger partial charge < -0.3 is 4.74 Å². The highest BCUT2D eigenvalue weighted by Crippen LogP contribution is 2.41. The van der Waals surface area contributed by atoms with E-state index in [1.165, 1.54) is 5.56 Å². The molecule has 5 heteroatoms. The normalized spacial score (nSPS) is 17.1. The van der Waals surface area contributed by atoms with Gasteiger partial charge in [0.05, 0.1) is 6.10 Å². The largest absolute Gasteiger partial charge is 0.422 e. The fraction of sp³-hybridized carbons (Fsp3) is 0.667. The Kier molecular flexibility index (Phi) is 8.45. The standard InChI is InChI=1S/C24H37F2NOSi/c1-19(2)29(20(3)4,21(5)6)17-14-24(25,26)28-23-12-15-27(16-13-23)18-22-10-8-7-9-11-22/h7-11,19-21,23H,12-13,15-16,18H2,1-6H3. The SMILES string of the molecule is CC(C)[Si](C#CC(F)(F)OC1CCN(Cc2ccccc2)CC1)(C(C)C)C(C)C. The molecule has 0 N–H and O–H groups in total. The number of ether oxygens (including phenoxy) is 1. The van der Waals surface area contributed by atoms with Crippen LogP contribution in [0.1, 0.15) is 59.9 Å². The molecule has 0 amide bonds. The average Bonchev–Trinajstić information content (AvgIpc) is 2.63. The Morgan fingerprint density at radius 1 is 1.00 bits per heavy atom. The van der Waals surface area contributed by atoms with E-state index in [0.29, 0.717) is 29.5 Å². The van der Waals surface area contributed by atoms with Crippen LogP contribution >= 0.6 is 0 Å². The predicted molar refractivity (Wildman–Crippen MR) is 120 cm³/mol. The van der Waals surface area contributed by atoms with Crippen molar-refractivity contribution in [2.45, 2.75) is 89.8 Å². The second-order valence-electron chi connectivity index (χ2n) is 9.24. The summed E-state index contributed by atoms with van der Waals surface area (Å²) in [5.41, 5.74) is 5.33. The van der Waals surface area contributed by atoms with E-state index in [1.807, 2.05) is 18.2 Å². The predicted octanol–water partition coefficient (Wildman–Crippen LogP) is 6.48. The fourth-order valence-corrected chi connectivity index (χ4v) is 10.1. The number of hydrogen-bond acceptors (Lipinski definition) is 2. The zero-order chi connectivity index (χ0) is 21.7. The van der Waals surface area contributed by atoms with Crippen molar-refractivity contribution in [3.63, 3.8) is 0 Å². The van der Waals surface area contributed by atoms with Crippen molar-refractivity contribution in [3.05, 3.63) is 35.9 Å². The van der Waals surface area contributed by atoms with Crippen LogP contribution < -0.4 is 0 Å². The molecule has 2 nitrogen and oxygen atoms in total. The van der Waals surface area contributed by atoms with Gasteiger partial charge in [0.15, 0.2) is 0 Å². The van der Waals surface area contributed by atoms with Gasteiger partial charge in [-0.15, -0.1) is 5.54 Å². The molecule has 0 saturated carbocycles. The van der Waals surface area contributed by atoms with Crippen molar-refractivity contribution < 1.29 is 13.5 Å². The van der Waals surface area contributed by atoms with Gasteiger partial charge in [-0.3, -0.25) is 4.90 Å². The minimum atomic E-state index is -3.37. The highest BCUT2D eigenvalue weighted by Gasteiger charge is 2.43. The summed E-state index contributed by atoms with van der Waals surface area (Å²) in [5, 5.41) is 0. The fourth-order valence-electron chi connectivity index (χ4n) is 4.88. The lowest BCUT2D eigenvalue weighted by atomic mass is 10.1. The number of piperidine rings is 1. The van der Waals surface area contributed by atoms with E-state index in [2.05, 4.69) is 70.0 Å². The quantitative estimate of drug-likeness (QED) is 0.369. The lowest BCUT2D eigenvalue weighted by molar-refractivity contribution is -0.227. The molecule has 0 atom stereocenters. The second-order valence-corrected chi connectivity index (χ2v) is 14.8. The molecule has 0 unspecified atom stereocenters. The highest BCUT2D eigenvalue weighted by atomic mass is 28.3. The van der Waals surface area contributed by atoms with Gasteiger partial charge in [0.2, 0.25) is 0 Å². The van der Waals surface area contributed by atoms with Crippen molar-refractivity contribution in [1.82, 2.24) is 4.90 Å². The Balaban J connectivity index is 1.97. The zero-order valence-electron chi connectivity index (χ0n) is 18.8. The van der Waals surface area contributed by atoms with Crippen LogP contribution in [0, 0.1) is 11.5 Å². The van der Waals surface area contributed by atoms with E-state index in [4.69, 9.17) is 4.74 Å². The molecule has 0 aliphatic carbocycles. The van der Waals surface area contributed by atoms with Gasteiger partial charge in [-0.05, 0) is 40.9 Å². The van der Waals surface area contributed by atoms with Crippen LogP contribution in [0.25, 0.3) is 0 Å². The van der Waals surface area contributed by atoms with Gasteiger partial charge in [0, 0.05) is 19.6 Å². The lowest BCUT2D eigenvalue weighted by Crippen LogP contribution is -2.44. The molecule has 1 aliphatic heterocycles. The van der Waals surface area contributed by atoms with Gasteiger partial charge in [-0.25, -0.2) is 0 Å². The molecular formula is C24H37F2NOSi. The summed E-state index contributed by atoms with van der Waals surface area (Å²) in [5.74, 6) is 2.28. The Morgan fingerprint density at radius 2 is 1.52 bits per heavy atom. The van der Waals surface area contributed by atoms with Crippen molar-refractivity contribution in [1.29, 1.82) is 0 Å². The summed E-state index contributed by atoms with van der Waals surface area (Å²) >= 11 is 0. The molecule has 2 rings (SSSR count). The molecule has 1 aromatic rings. The first kappa shape index (κ1) is 24.1. The Hall–Kier alpha value is -1.22. The van der Waals surface area contributed by atoms with Crippen molar-refractivity contribution in [3.8, 4) is 11.5 Å². The van der Waals surface area contributed by atoms with Crippen molar-refractivity contribution in [2.75, 3.05) is 13.1 Å². The Morgan fingerprint density at radius 3 is 2.00 bits per heavy atom. The van der Waals surface area contributed by atoms with Gasteiger partial charge in [-0.1, -0.05) is 71.9 Å². The first-order valence-electron chi connectivity index (χ1n) is 10.9. The number of nitrogens with zero attached hydrogens (tertiary/aromatic N) is 1. The van der Waals surface area contributed by atoms with E-state index in [1.54, 1.807) is 0 Å². The summed E-state index contributed by atoms with van der Waals surface area (Å²) < 4.78 is 34.4. The van der Waals surface area contributed by atoms with Crippen LogP contribution in [0.15, 0.2) is 30.3 Å². The third-order valence-electron chi connectivity index (χ3n) is 6.39. The third kappa shape index (κ3) is 6.38. The number of halogens is 2. The number of rotatable bonds is 7. The molecular weight excluding hydrogens is 384 g/mol. The average molecular weight is 422 g/mol. The molecule has 162 valence electrons. The molecule has 1 saturated heterocycles. The van der Waals surface area contributed by atoms with Gasteiger partial charge in [0.25, 0.3) is 0 Å². The number of alkyl halides is 2. The molecule has 1 aromatic carbocycles. The topological polar surface area (TPSA) is 12.5 Å². The highest BCUT2D eigenvalue weighted by molar-refractivity contribution is 6.90. The molecule has 29 heavy (non-hydrogen) atoms. The maximum atomic E-state index is 14.6. The molecule has 1 fully saturated rings. The molecule has 0 spiro atoms. The molecule has 0 bridgehead atoms. The van der Waals surface area contributed by atoms with Crippen molar-refractivity contribution >= 4 is 8.07 Å². The zero-order valence-corrected chi connectivity index (χ0v) is 19.8. The van der Waals surface area contributed by atoms with Crippen LogP contribution in [0.2, 0.25) is 16.6 Å². The van der Waals surface area contributed by atoms with Gasteiger partial charge >= 0.3 is 6.11 Å². The van der Waals surface area contributed by atoms with Crippen LogP contribution in [0.4, 0.5) is 8.78 Å². The summed E-state index contributed by atoms with van der Waals surface area (Å²) in [7, 11) is -2.19. The summed E-state index contributed by atoms with van der Waals surface area (Å²) in [4.78, 5) is 2.30. The molecule has 1 aliphatic rings. The van der Waals surface area contributed by atoms with Crippen molar-refractivity contribution in [2.24, 2.45) is 0 Å². The number of benzene rings is 1. The van der Waals surface area contributed by atoms with Crippen LogP contribution in [-0.4, -0.2) is 38.3 Å². The maximum absolute atomic E-state index is 14.6. The van der Waals surface area contributed by atoms with E-state index in [0.717, 1.165) is 19.6 Å². The monoisotopic (exact) mass is 421 g/mol.